The molecule has 0 fully saturated rings. The Morgan fingerprint density at radius 1 is 1.00 bits per heavy atom. The van der Waals surface area contributed by atoms with Crippen molar-refractivity contribution in [3.05, 3.63) is 53.6 Å². The number of nitrogens with zero attached hydrogens (tertiary/aromatic N) is 1. The Kier molecular flexibility index (Phi) is 3.17. The van der Waals surface area contributed by atoms with E-state index in [9.17, 15) is 13.2 Å². The van der Waals surface area contributed by atoms with Crippen molar-refractivity contribution in [1.29, 1.82) is 5.26 Å². The SMILES string of the molecule is N#Cc1c(N)cccc1-c1ccc(C(F)(F)F)cc1. The van der Waals surface area contributed by atoms with Gasteiger partial charge < -0.3 is 5.73 Å². The summed E-state index contributed by atoms with van der Waals surface area (Å²) in [5.41, 5.74) is 6.56. The molecule has 0 aliphatic carbocycles. The van der Waals surface area contributed by atoms with Gasteiger partial charge >= 0.3 is 6.18 Å². The average molecular weight is 262 g/mol. The molecule has 0 unspecified atom stereocenters. The largest absolute Gasteiger partial charge is 0.416 e. The lowest BCUT2D eigenvalue weighted by molar-refractivity contribution is -0.137. The summed E-state index contributed by atoms with van der Waals surface area (Å²) in [6.07, 6.45) is -4.37. The van der Waals surface area contributed by atoms with Gasteiger partial charge in [0.15, 0.2) is 0 Å². The average Bonchev–Trinajstić information content (AvgIpc) is 2.37. The fourth-order valence-electron chi connectivity index (χ4n) is 1.77. The summed E-state index contributed by atoms with van der Waals surface area (Å²) in [5, 5.41) is 9.03. The predicted octanol–water partition coefficient (Wildman–Crippen LogP) is 3.83. The van der Waals surface area contributed by atoms with Gasteiger partial charge in [-0.1, -0.05) is 24.3 Å². The molecule has 0 saturated carbocycles. The number of rotatable bonds is 1. The molecule has 19 heavy (non-hydrogen) atoms. The Hall–Kier alpha value is -2.48. The van der Waals surface area contributed by atoms with Crippen molar-refractivity contribution < 1.29 is 13.2 Å². The summed E-state index contributed by atoms with van der Waals surface area (Å²) in [6.45, 7) is 0. The van der Waals surface area contributed by atoms with E-state index in [1.54, 1.807) is 18.2 Å². The van der Waals surface area contributed by atoms with Gasteiger partial charge in [0, 0.05) is 5.56 Å². The summed E-state index contributed by atoms with van der Waals surface area (Å²) in [4.78, 5) is 0. The normalized spacial score (nSPS) is 11.1. The van der Waals surface area contributed by atoms with E-state index in [0.29, 0.717) is 16.8 Å². The molecule has 0 aliphatic rings. The van der Waals surface area contributed by atoms with Crippen molar-refractivity contribution in [3.63, 3.8) is 0 Å². The first-order chi connectivity index (χ1) is 8.93. The van der Waals surface area contributed by atoms with Crippen LogP contribution in [0, 0.1) is 11.3 Å². The van der Waals surface area contributed by atoms with Crippen molar-refractivity contribution in [3.8, 4) is 17.2 Å². The minimum Gasteiger partial charge on any atom is -0.398 e. The van der Waals surface area contributed by atoms with Gasteiger partial charge in [0.05, 0.1) is 16.8 Å². The van der Waals surface area contributed by atoms with Crippen LogP contribution in [0.25, 0.3) is 11.1 Å². The number of anilines is 1. The van der Waals surface area contributed by atoms with Gasteiger partial charge in [-0.3, -0.25) is 0 Å². The Labute approximate surface area is 107 Å². The molecular weight excluding hydrogens is 253 g/mol. The second kappa shape index (κ2) is 4.65. The number of halogens is 3. The highest BCUT2D eigenvalue weighted by Gasteiger charge is 2.30. The fraction of sp³-hybridized carbons (Fsp3) is 0.0714. The number of nitrogens with two attached hydrogens (primary N) is 1. The highest BCUT2D eigenvalue weighted by molar-refractivity contribution is 5.76. The molecule has 0 saturated heterocycles. The zero-order chi connectivity index (χ0) is 14.0. The molecule has 0 heterocycles. The molecule has 0 radical (unpaired) electrons. The molecule has 0 aliphatic heterocycles. The highest BCUT2D eigenvalue weighted by atomic mass is 19.4. The third kappa shape index (κ3) is 2.52. The molecule has 96 valence electrons. The van der Waals surface area contributed by atoms with E-state index in [0.717, 1.165) is 12.1 Å². The Morgan fingerprint density at radius 2 is 1.63 bits per heavy atom. The van der Waals surface area contributed by atoms with Crippen molar-refractivity contribution in [2.75, 3.05) is 5.73 Å². The van der Waals surface area contributed by atoms with E-state index >= 15 is 0 Å². The topological polar surface area (TPSA) is 49.8 Å². The number of nitrogen functional groups attached to an aromatic ring is 1. The lowest BCUT2D eigenvalue weighted by Gasteiger charge is -2.09. The summed E-state index contributed by atoms with van der Waals surface area (Å²) >= 11 is 0. The highest BCUT2D eigenvalue weighted by Crippen LogP contribution is 2.32. The molecule has 2 aromatic rings. The maximum absolute atomic E-state index is 12.5. The van der Waals surface area contributed by atoms with Crippen LogP contribution >= 0.6 is 0 Å². The molecule has 0 atom stereocenters. The van der Waals surface area contributed by atoms with Crippen molar-refractivity contribution >= 4 is 5.69 Å². The standard InChI is InChI=1S/C14H9F3N2/c15-14(16,17)10-6-4-9(5-7-10)11-2-1-3-13(19)12(11)8-18/h1-7H,19H2. The Bertz CT molecular complexity index is 637. The van der Waals surface area contributed by atoms with Gasteiger partial charge in [0.2, 0.25) is 0 Å². The molecule has 5 heteroatoms. The second-order valence-electron chi connectivity index (χ2n) is 3.96. The third-order valence-electron chi connectivity index (χ3n) is 2.73. The zero-order valence-corrected chi connectivity index (χ0v) is 9.70. The van der Waals surface area contributed by atoms with E-state index in [2.05, 4.69) is 0 Å². The van der Waals surface area contributed by atoms with E-state index in [1.807, 2.05) is 6.07 Å². The monoisotopic (exact) mass is 262 g/mol. The smallest absolute Gasteiger partial charge is 0.398 e. The van der Waals surface area contributed by atoms with Crippen LogP contribution in [0.1, 0.15) is 11.1 Å². The lowest BCUT2D eigenvalue weighted by Crippen LogP contribution is -2.04. The number of hydrogen-bond acceptors (Lipinski definition) is 2. The minimum atomic E-state index is -4.37. The molecule has 2 N–H and O–H groups in total. The number of alkyl halides is 3. The van der Waals surface area contributed by atoms with Crippen molar-refractivity contribution in [2.24, 2.45) is 0 Å². The maximum atomic E-state index is 12.5. The van der Waals surface area contributed by atoms with Crippen molar-refractivity contribution in [1.82, 2.24) is 0 Å². The zero-order valence-electron chi connectivity index (χ0n) is 9.70. The third-order valence-corrected chi connectivity index (χ3v) is 2.73. The number of benzene rings is 2. The predicted molar refractivity (Wildman–Crippen MR) is 66.0 cm³/mol. The Morgan fingerprint density at radius 3 is 2.16 bits per heavy atom. The minimum absolute atomic E-state index is 0.266. The molecular formula is C14H9F3N2. The molecule has 2 aromatic carbocycles. The van der Waals surface area contributed by atoms with Gasteiger partial charge in [-0.2, -0.15) is 18.4 Å². The van der Waals surface area contributed by atoms with Crippen LogP contribution in [-0.2, 0) is 6.18 Å². The first-order valence-electron chi connectivity index (χ1n) is 5.39. The Balaban J connectivity index is 2.50. The molecule has 2 nitrogen and oxygen atoms in total. The van der Waals surface area contributed by atoms with Crippen LogP contribution in [0.2, 0.25) is 0 Å². The second-order valence-corrected chi connectivity index (χ2v) is 3.96. The number of nitriles is 1. The lowest BCUT2D eigenvalue weighted by atomic mass is 9.98. The molecule has 0 aromatic heterocycles. The van der Waals surface area contributed by atoms with Crippen LogP contribution in [0.5, 0.6) is 0 Å². The van der Waals surface area contributed by atoms with E-state index < -0.39 is 11.7 Å². The van der Waals surface area contributed by atoms with Crippen LogP contribution in [0.15, 0.2) is 42.5 Å². The summed E-state index contributed by atoms with van der Waals surface area (Å²) in [7, 11) is 0. The molecule has 0 amide bonds. The molecule has 0 spiro atoms. The van der Waals surface area contributed by atoms with Crippen LogP contribution in [-0.4, -0.2) is 0 Å². The van der Waals surface area contributed by atoms with Gasteiger partial charge in [-0.15, -0.1) is 0 Å². The fourth-order valence-corrected chi connectivity index (χ4v) is 1.77. The van der Waals surface area contributed by atoms with Gasteiger partial charge in [0.25, 0.3) is 0 Å². The molecule has 2 rings (SSSR count). The van der Waals surface area contributed by atoms with Crippen LogP contribution in [0.4, 0.5) is 18.9 Å². The maximum Gasteiger partial charge on any atom is 0.416 e. The summed E-state index contributed by atoms with van der Waals surface area (Å²) < 4.78 is 37.4. The van der Waals surface area contributed by atoms with Gasteiger partial charge in [-0.05, 0) is 23.8 Å². The quantitative estimate of drug-likeness (QED) is 0.794. The van der Waals surface area contributed by atoms with Gasteiger partial charge in [-0.25, -0.2) is 0 Å². The van der Waals surface area contributed by atoms with Crippen LogP contribution in [0.3, 0.4) is 0 Å². The van der Waals surface area contributed by atoms with Crippen molar-refractivity contribution in [2.45, 2.75) is 6.18 Å². The number of hydrogen-bond donors (Lipinski definition) is 1. The van der Waals surface area contributed by atoms with E-state index in [-0.39, 0.29) is 5.56 Å². The van der Waals surface area contributed by atoms with Crippen LogP contribution < -0.4 is 5.73 Å². The van der Waals surface area contributed by atoms with E-state index in [4.69, 9.17) is 11.0 Å². The molecule has 0 bridgehead atoms. The van der Waals surface area contributed by atoms with E-state index in [1.165, 1.54) is 12.1 Å². The van der Waals surface area contributed by atoms with Gasteiger partial charge in [0.1, 0.15) is 6.07 Å². The first-order valence-corrected chi connectivity index (χ1v) is 5.39. The first kappa shape index (κ1) is 13.0. The summed E-state index contributed by atoms with van der Waals surface area (Å²) in [5.74, 6) is 0. The summed E-state index contributed by atoms with van der Waals surface area (Å²) in [6, 6.07) is 11.5.